The van der Waals surface area contributed by atoms with E-state index in [1.54, 1.807) is 17.6 Å². The second-order valence-corrected chi connectivity index (χ2v) is 12.6. The Kier molecular flexibility index (Phi) is 8.71. The molecule has 2 aliphatic rings. The van der Waals surface area contributed by atoms with Crippen LogP contribution in [0.5, 0.6) is 0 Å². The molecule has 230 valence electrons. The Morgan fingerprint density at radius 3 is 2.34 bits per heavy atom. The van der Waals surface area contributed by atoms with E-state index in [-0.39, 0.29) is 65.1 Å². The lowest BCUT2D eigenvalue weighted by molar-refractivity contribution is -0.137. The highest BCUT2D eigenvalue weighted by atomic mass is 32.2. The van der Waals surface area contributed by atoms with Gasteiger partial charge in [0.1, 0.15) is 41.0 Å². The van der Waals surface area contributed by atoms with Gasteiger partial charge in [-0.05, 0) is 37.5 Å². The molecule has 2 aromatic carbocycles. The molecule has 0 saturated carbocycles. The van der Waals surface area contributed by atoms with Crippen LogP contribution in [0, 0.1) is 11.6 Å². The zero-order valence-electron chi connectivity index (χ0n) is 25.2. The number of rotatable bonds is 5. The van der Waals surface area contributed by atoms with Gasteiger partial charge in [-0.1, -0.05) is 0 Å². The third-order valence-corrected chi connectivity index (χ3v) is 9.56. The van der Waals surface area contributed by atoms with Crippen LogP contribution in [0.15, 0.2) is 44.8 Å². The Morgan fingerprint density at radius 2 is 1.77 bits per heavy atom. The van der Waals surface area contributed by atoms with Crippen molar-refractivity contribution in [2.75, 3.05) is 37.5 Å². The number of methoxy groups -OCH3 is 1. The molecule has 1 fully saturated rings. The van der Waals surface area contributed by atoms with Gasteiger partial charge in [0.2, 0.25) is 5.91 Å². The van der Waals surface area contributed by atoms with Gasteiger partial charge in [0.05, 0.1) is 23.7 Å². The number of carbonyl (C=O) groups is 1. The second kappa shape index (κ2) is 11.9. The topological polar surface area (TPSA) is 67.7 Å². The molecule has 1 amide bonds. The van der Waals surface area contributed by atoms with E-state index < -0.39 is 46.2 Å². The van der Waals surface area contributed by atoms with Crippen LogP contribution in [-0.2, 0) is 15.7 Å². The van der Waals surface area contributed by atoms with Crippen molar-refractivity contribution in [2.24, 2.45) is 0 Å². The van der Waals surface area contributed by atoms with E-state index in [1.807, 2.05) is 29.5 Å². The molecule has 0 aliphatic carbocycles. The summed E-state index contributed by atoms with van der Waals surface area (Å²) >= 11 is 1.06. The van der Waals surface area contributed by atoms with Crippen LogP contribution in [0.2, 0.25) is 0 Å². The molecule has 3 atom stereocenters. The molecular formula is C28H30B3F5N4O3S. The number of hydrogen-bond acceptors (Lipinski definition) is 6. The molecule has 16 heteroatoms. The number of anilines is 1. The number of aromatic nitrogens is 2. The molecule has 3 heterocycles. The summed E-state index contributed by atoms with van der Waals surface area (Å²) in [6.07, 6.45) is -4.92. The van der Waals surface area contributed by atoms with Gasteiger partial charge < -0.3 is 14.5 Å². The van der Waals surface area contributed by atoms with Gasteiger partial charge in [-0.25, -0.2) is 13.6 Å². The third-order valence-electron chi connectivity index (χ3n) is 8.32. The molecule has 1 aromatic heterocycles. The molecule has 0 bridgehead atoms. The summed E-state index contributed by atoms with van der Waals surface area (Å²) in [5.41, 5.74) is -1.88. The van der Waals surface area contributed by atoms with Crippen LogP contribution in [0.25, 0.3) is 22.0 Å². The predicted octanol–water partition coefficient (Wildman–Crippen LogP) is 2.15. The van der Waals surface area contributed by atoms with Crippen molar-refractivity contribution in [1.82, 2.24) is 14.5 Å². The summed E-state index contributed by atoms with van der Waals surface area (Å²) in [5, 5.41) is 0.956. The zero-order chi connectivity index (χ0) is 32.2. The first-order valence-electron chi connectivity index (χ1n) is 14.1. The number of halogens is 5. The Morgan fingerprint density at radius 1 is 1.11 bits per heavy atom. The van der Waals surface area contributed by atoms with Crippen molar-refractivity contribution in [1.29, 1.82) is 0 Å². The molecule has 0 radical (unpaired) electrons. The van der Waals surface area contributed by atoms with Gasteiger partial charge >= 0.3 is 11.9 Å². The number of amides is 1. The number of thioether (sulfide) groups is 1. The molecule has 7 nitrogen and oxygen atoms in total. The number of piperazine rings is 1. The zero-order valence-corrected chi connectivity index (χ0v) is 26.0. The molecule has 3 aromatic rings. The van der Waals surface area contributed by atoms with Gasteiger partial charge in [-0.2, -0.15) is 18.2 Å². The minimum atomic E-state index is -4.92. The van der Waals surface area contributed by atoms with E-state index >= 15 is 4.39 Å². The smallest absolute Gasteiger partial charge is 0.383 e. The fourth-order valence-electron chi connectivity index (χ4n) is 6.13. The van der Waals surface area contributed by atoms with Gasteiger partial charge in [-0.3, -0.25) is 9.36 Å². The number of hydrogen-bond donors (Lipinski definition) is 0. The summed E-state index contributed by atoms with van der Waals surface area (Å²) in [5.74, 6) is -1.97. The molecule has 0 unspecified atom stereocenters. The largest absolute Gasteiger partial charge is 0.417 e. The Hall–Kier alpha value is -3.26. The molecule has 5 rings (SSSR count). The average Bonchev–Trinajstić information content (AvgIpc) is 2.93. The molecule has 0 spiro atoms. The van der Waals surface area contributed by atoms with Crippen molar-refractivity contribution in [3.05, 3.63) is 62.8 Å². The minimum Gasteiger partial charge on any atom is -0.383 e. The van der Waals surface area contributed by atoms with Crippen LogP contribution in [0.1, 0.15) is 25.5 Å². The highest BCUT2D eigenvalue weighted by Crippen LogP contribution is 2.50. The maximum absolute atomic E-state index is 15.1. The Bertz CT molecular complexity index is 1740. The molecule has 0 N–H and O–H groups in total. The maximum atomic E-state index is 15.1. The standard InChI is InChI=1S/C28H30B3F5N4O3S/c1-12-8-38(9-13(2)39(12)26(41)21(29)24(30)31)25-17-7-18(28(34,35)36)20(16-5-4-14(32)6-19(16)33)23-22(17)40(27(42)37-25)15(10-43-3)11-44-23/h4-7,12-13,15H,8-11,29-31H2,1-3H3/t12-,13+,15-/m0/s1. The van der Waals surface area contributed by atoms with E-state index in [4.69, 9.17) is 4.74 Å². The second-order valence-electron chi connectivity index (χ2n) is 11.6. The average molecular weight is 630 g/mol. The van der Waals surface area contributed by atoms with Crippen molar-refractivity contribution >= 4 is 57.9 Å². The van der Waals surface area contributed by atoms with Crippen molar-refractivity contribution in [2.45, 2.75) is 43.0 Å². The fourth-order valence-corrected chi connectivity index (χ4v) is 7.45. The van der Waals surface area contributed by atoms with E-state index in [9.17, 15) is 27.2 Å². The lowest BCUT2D eigenvalue weighted by Gasteiger charge is -2.45. The highest BCUT2D eigenvalue weighted by molar-refractivity contribution is 7.99. The summed E-state index contributed by atoms with van der Waals surface area (Å²) in [6.45, 7) is 4.23. The summed E-state index contributed by atoms with van der Waals surface area (Å²) in [6, 6.07) is 2.09. The van der Waals surface area contributed by atoms with Crippen molar-refractivity contribution in [3.63, 3.8) is 0 Å². The lowest BCUT2D eigenvalue weighted by atomic mass is 9.69. The van der Waals surface area contributed by atoms with Crippen LogP contribution >= 0.6 is 11.8 Å². The summed E-state index contributed by atoms with van der Waals surface area (Å²) in [4.78, 5) is 34.8. The minimum absolute atomic E-state index is 0.0579. The Labute approximate surface area is 258 Å². The number of benzene rings is 2. The number of carbonyl (C=O) groups excluding carboxylic acids is 1. The van der Waals surface area contributed by atoms with Crippen LogP contribution in [0.4, 0.5) is 27.8 Å². The molecule has 2 aliphatic heterocycles. The van der Waals surface area contributed by atoms with E-state index in [0.717, 1.165) is 35.3 Å². The van der Waals surface area contributed by atoms with Crippen LogP contribution < -0.4 is 10.6 Å². The first kappa shape index (κ1) is 32.1. The van der Waals surface area contributed by atoms with Crippen LogP contribution in [0.3, 0.4) is 0 Å². The third kappa shape index (κ3) is 5.55. The first-order chi connectivity index (χ1) is 20.6. The fraction of sp³-hybridized carbons (Fsp3) is 0.393. The van der Waals surface area contributed by atoms with E-state index in [2.05, 4.69) is 4.98 Å². The van der Waals surface area contributed by atoms with Gasteiger partial charge in [-0.15, -0.1) is 17.1 Å². The normalized spacial score (nSPS) is 20.2. The SMILES string of the molecule is BC(B)=C(B)C(=O)N1[C@H](C)CN(c2nc(=O)n3c4c(c(-c5ccc(F)cc5F)c(C(F)(F)F)cc24)SC[C@@H]3COC)C[C@@H]1C. The van der Waals surface area contributed by atoms with Crippen LogP contribution in [-0.4, -0.2) is 88.5 Å². The quantitative estimate of drug-likeness (QED) is 0.245. The summed E-state index contributed by atoms with van der Waals surface area (Å²) < 4.78 is 79.9. The molecule has 44 heavy (non-hydrogen) atoms. The monoisotopic (exact) mass is 630 g/mol. The Balaban J connectivity index is 1.78. The molecule has 1 saturated heterocycles. The van der Waals surface area contributed by atoms with Gasteiger partial charge in [0.25, 0.3) is 0 Å². The lowest BCUT2D eigenvalue weighted by Crippen LogP contribution is -2.59. The number of nitrogens with zero attached hydrogens (tertiary/aromatic N) is 4. The predicted molar refractivity (Wildman–Crippen MR) is 169 cm³/mol. The van der Waals surface area contributed by atoms with Crippen molar-refractivity contribution in [3.8, 4) is 11.1 Å². The number of ether oxygens (including phenoxy) is 1. The number of alkyl halides is 3. The first-order valence-corrected chi connectivity index (χ1v) is 15.1. The van der Waals surface area contributed by atoms with Gasteiger partial charge in [0.15, 0.2) is 0 Å². The van der Waals surface area contributed by atoms with Gasteiger partial charge in [0, 0.05) is 65.5 Å². The van der Waals surface area contributed by atoms with E-state index in [1.165, 1.54) is 11.7 Å². The highest BCUT2D eigenvalue weighted by Gasteiger charge is 2.41. The van der Waals surface area contributed by atoms with Crippen molar-refractivity contribution < 1.29 is 31.5 Å². The maximum Gasteiger partial charge on any atom is 0.417 e. The summed E-state index contributed by atoms with van der Waals surface area (Å²) in [7, 11) is 6.92. The van der Waals surface area contributed by atoms with E-state index in [0.29, 0.717) is 11.5 Å². The molecular weight excluding hydrogens is 600 g/mol.